The lowest BCUT2D eigenvalue weighted by Crippen LogP contribution is -2.35. The van der Waals surface area contributed by atoms with Crippen LogP contribution >= 0.6 is 0 Å². The molecule has 0 saturated heterocycles. The van der Waals surface area contributed by atoms with Crippen molar-refractivity contribution >= 4 is 33.5 Å². The van der Waals surface area contributed by atoms with Crippen molar-refractivity contribution in [3.05, 3.63) is 65.2 Å². The van der Waals surface area contributed by atoms with Crippen LogP contribution in [0.5, 0.6) is 0 Å². The van der Waals surface area contributed by atoms with Gasteiger partial charge in [-0.05, 0) is 23.8 Å². The fraction of sp³-hybridized carbons (Fsp3) is 0.167. The normalized spacial score (nSPS) is 13.4. The van der Waals surface area contributed by atoms with Gasteiger partial charge in [0.25, 0.3) is 11.8 Å². The van der Waals surface area contributed by atoms with Crippen molar-refractivity contribution in [2.45, 2.75) is 6.61 Å². The van der Waals surface area contributed by atoms with Crippen molar-refractivity contribution in [2.75, 3.05) is 17.5 Å². The van der Waals surface area contributed by atoms with E-state index in [1.165, 1.54) is 18.2 Å². The Kier molecular flexibility index (Phi) is 4.95. The number of carbonyl (C=O) groups is 3. The van der Waals surface area contributed by atoms with Gasteiger partial charge in [0.2, 0.25) is 10.0 Å². The topological polar surface area (TPSA) is 110 Å². The predicted molar refractivity (Wildman–Crippen MR) is 96.5 cm³/mol. The standard InChI is InChI=1S/C18H16N2O6S/c1-27(24,25)19-13-7-8-14-15(9-13)18(23)20(17(14)22)10-16(21)26-11-12-5-3-2-4-6-12/h2-9,19H,10-11H2,1H3. The van der Waals surface area contributed by atoms with Gasteiger partial charge in [0.1, 0.15) is 13.2 Å². The lowest BCUT2D eigenvalue weighted by Gasteiger charge is -2.13. The Hall–Kier alpha value is -3.20. The number of rotatable bonds is 6. The zero-order valence-corrected chi connectivity index (χ0v) is 15.2. The van der Waals surface area contributed by atoms with Crippen LogP contribution in [0.3, 0.4) is 0 Å². The number of sulfonamides is 1. The first-order valence-electron chi connectivity index (χ1n) is 7.92. The van der Waals surface area contributed by atoms with E-state index in [9.17, 15) is 22.8 Å². The number of fused-ring (bicyclic) bond motifs is 1. The second kappa shape index (κ2) is 7.20. The lowest BCUT2D eigenvalue weighted by molar-refractivity contribution is -0.145. The van der Waals surface area contributed by atoms with Crippen molar-refractivity contribution in [2.24, 2.45) is 0 Å². The maximum atomic E-state index is 12.5. The van der Waals surface area contributed by atoms with Crippen molar-refractivity contribution in [3.8, 4) is 0 Å². The first-order valence-corrected chi connectivity index (χ1v) is 9.81. The minimum Gasteiger partial charge on any atom is -0.459 e. The summed E-state index contributed by atoms with van der Waals surface area (Å²) in [5.74, 6) is -2.02. The SMILES string of the molecule is CS(=O)(=O)Nc1ccc2c(c1)C(=O)N(CC(=O)OCc1ccccc1)C2=O. The van der Waals surface area contributed by atoms with Crippen molar-refractivity contribution in [1.82, 2.24) is 4.90 Å². The molecule has 0 aliphatic carbocycles. The number of hydrogen-bond donors (Lipinski definition) is 1. The van der Waals surface area contributed by atoms with Crippen LogP contribution in [0.1, 0.15) is 26.3 Å². The molecular weight excluding hydrogens is 372 g/mol. The molecule has 1 aliphatic rings. The lowest BCUT2D eigenvalue weighted by atomic mass is 10.1. The molecule has 0 radical (unpaired) electrons. The Morgan fingerprint density at radius 3 is 2.37 bits per heavy atom. The molecule has 0 atom stereocenters. The van der Waals surface area contributed by atoms with Crippen LogP contribution in [-0.2, 0) is 26.2 Å². The first kappa shape index (κ1) is 18.6. The molecular formula is C18H16N2O6S. The maximum Gasteiger partial charge on any atom is 0.326 e. The molecule has 0 bridgehead atoms. The molecule has 140 valence electrons. The number of nitrogens with zero attached hydrogens (tertiary/aromatic N) is 1. The fourth-order valence-corrected chi connectivity index (χ4v) is 3.18. The summed E-state index contributed by atoms with van der Waals surface area (Å²) in [6.07, 6.45) is 0.974. The van der Waals surface area contributed by atoms with Gasteiger partial charge < -0.3 is 4.74 Å². The van der Waals surface area contributed by atoms with E-state index in [2.05, 4.69) is 4.72 Å². The molecule has 0 aromatic heterocycles. The Morgan fingerprint density at radius 1 is 1.04 bits per heavy atom. The van der Waals surface area contributed by atoms with Gasteiger partial charge in [-0.15, -0.1) is 0 Å². The third-order valence-corrected chi connectivity index (χ3v) is 4.41. The fourth-order valence-electron chi connectivity index (χ4n) is 2.62. The van der Waals surface area contributed by atoms with Crippen molar-refractivity contribution in [3.63, 3.8) is 0 Å². The van der Waals surface area contributed by atoms with Crippen molar-refractivity contribution in [1.29, 1.82) is 0 Å². The van der Waals surface area contributed by atoms with Crippen LogP contribution in [-0.4, -0.2) is 43.9 Å². The van der Waals surface area contributed by atoms with Crippen molar-refractivity contribution < 1.29 is 27.5 Å². The average molecular weight is 388 g/mol. The van der Waals surface area contributed by atoms with E-state index in [1.54, 1.807) is 24.3 Å². The van der Waals surface area contributed by atoms with E-state index in [4.69, 9.17) is 4.74 Å². The van der Waals surface area contributed by atoms with Crippen LogP contribution in [0.2, 0.25) is 0 Å². The number of nitrogens with one attached hydrogen (secondary N) is 1. The highest BCUT2D eigenvalue weighted by Crippen LogP contribution is 2.26. The summed E-state index contributed by atoms with van der Waals surface area (Å²) < 4.78 is 30.0. The smallest absolute Gasteiger partial charge is 0.326 e. The van der Waals surface area contributed by atoms with E-state index >= 15 is 0 Å². The Labute approximate surface area is 155 Å². The zero-order valence-electron chi connectivity index (χ0n) is 14.3. The van der Waals surface area contributed by atoms with Gasteiger partial charge in [-0.2, -0.15) is 0 Å². The average Bonchev–Trinajstić information content (AvgIpc) is 2.84. The first-order chi connectivity index (χ1) is 12.7. The Balaban J connectivity index is 1.69. The number of imide groups is 1. The van der Waals surface area contributed by atoms with E-state index in [1.807, 2.05) is 6.07 Å². The van der Waals surface area contributed by atoms with Crippen LogP contribution in [0.25, 0.3) is 0 Å². The minimum absolute atomic E-state index is 0.0320. The zero-order chi connectivity index (χ0) is 19.6. The van der Waals surface area contributed by atoms with E-state index in [0.29, 0.717) is 0 Å². The molecule has 2 aromatic carbocycles. The summed E-state index contributed by atoms with van der Waals surface area (Å²) in [4.78, 5) is 37.6. The monoisotopic (exact) mass is 388 g/mol. The van der Waals surface area contributed by atoms with Gasteiger partial charge in [0, 0.05) is 5.69 Å². The highest BCUT2D eigenvalue weighted by molar-refractivity contribution is 7.92. The molecule has 9 heteroatoms. The molecule has 8 nitrogen and oxygen atoms in total. The van der Waals surface area contributed by atoms with Gasteiger partial charge in [-0.3, -0.25) is 24.0 Å². The van der Waals surface area contributed by atoms with E-state index in [-0.39, 0.29) is 23.4 Å². The predicted octanol–water partition coefficient (Wildman–Crippen LogP) is 1.40. The number of anilines is 1. The Bertz CT molecular complexity index is 1020. The number of carbonyl (C=O) groups excluding carboxylic acids is 3. The highest BCUT2D eigenvalue weighted by atomic mass is 32.2. The van der Waals surface area contributed by atoms with Crippen LogP contribution in [0, 0.1) is 0 Å². The van der Waals surface area contributed by atoms with Gasteiger partial charge in [-0.1, -0.05) is 30.3 Å². The maximum absolute atomic E-state index is 12.5. The number of hydrogen-bond acceptors (Lipinski definition) is 6. The van der Waals surface area contributed by atoms with Gasteiger partial charge in [-0.25, -0.2) is 8.42 Å². The molecule has 1 N–H and O–H groups in total. The summed E-state index contributed by atoms with van der Waals surface area (Å²) in [5.41, 5.74) is 1.08. The highest BCUT2D eigenvalue weighted by Gasteiger charge is 2.37. The van der Waals surface area contributed by atoms with Crippen LogP contribution < -0.4 is 4.72 Å². The minimum atomic E-state index is -3.53. The summed E-state index contributed by atoms with van der Waals surface area (Å²) >= 11 is 0. The number of benzene rings is 2. The quantitative estimate of drug-likeness (QED) is 0.592. The molecule has 3 rings (SSSR count). The summed E-state index contributed by atoms with van der Waals surface area (Å²) in [5, 5.41) is 0. The molecule has 27 heavy (non-hydrogen) atoms. The molecule has 0 fully saturated rings. The largest absolute Gasteiger partial charge is 0.459 e. The second-order valence-electron chi connectivity index (χ2n) is 5.98. The molecule has 0 saturated carbocycles. The van der Waals surface area contributed by atoms with Crippen LogP contribution in [0.15, 0.2) is 48.5 Å². The van der Waals surface area contributed by atoms with E-state index < -0.39 is 34.4 Å². The molecule has 2 aromatic rings. The molecule has 0 spiro atoms. The van der Waals surface area contributed by atoms with E-state index in [0.717, 1.165) is 16.7 Å². The molecule has 0 unspecified atom stereocenters. The molecule has 1 heterocycles. The van der Waals surface area contributed by atoms with Gasteiger partial charge >= 0.3 is 5.97 Å². The third kappa shape index (κ3) is 4.32. The number of ether oxygens (including phenoxy) is 1. The van der Waals surface area contributed by atoms with Gasteiger partial charge in [0.05, 0.1) is 17.4 Å². The summed E-state index contributed by atoms with van der Waals surface area (Å²) in [7, 11) is -3.53. The van der Waals surface area contributed by atoms with Crippen LogP contribution in [0.4, 0.5) is 5.69 Å². The molecule has 1 aliphatic heterocycles. The number of esters is 1. The molecule has 2 amide bonds. The summed E-state index contributed by atoms with van der Waals surface area (Å²) in [6, 6.07) is 13.0. The Morgan fingerprint density at radius 2 is 1.70 bits per heavy atom. The second-order valence-corrected chi connectivity index (χ2v) is 7.73. The summed E-state index contributed by atoms with van der Waals surface area (Å²) in [6.45, 7) is -0.487. The third-order valence-electron chi connectivity index (χ3n) is 3.80. The van der Waals surface area contributed by atoms with Gasteiger partial charge in [0.15, 0.2) is 0 Å². The number of amides is 2.